The number of rotatable bonds is 8. The molecule has 1 atom stereocenters. The third-order valence-electron chi connectivity index (χ3n) is 5.80. The Hall–Kier alpha value is -4.06. The zero-order valence-corrected chi connectivity index (χ0v) is 19.0. The first-order valence-corrected chi connectivity index (χ1v) is 11.3. The molecule has 1 aliphatic heterocycles. The maximum absolute atomic E-state index is 13.2. The summed E-state index contributed by atoms with van der Waals surface area (Å²) in [4.78, 5) is 27.7. The molecular weight excluding hydrogens is 430 g/mol. The zero-order chi connectivity index (χ0) is 24.1. The minimum absolute atomic E-state index is 0.00844. The second-order valence-electron chi connectivity index (χ2n) is 8.24. The fourth-order valence-electron chi connectivity index (χ4n) is 4.09. The molecule has 2 N–H and O–H groups in total. The van der Waals surface area contributed by atoms with E-state index >= 15 is 0 Å². The Morgan fingerprint density at radius 2 is 1.74 bits per heavy atom. The highest BCUT2D eigenvalue weighted by molar-refractivity contribution is 6.46. The van der Waals surface area contributed by atoms with Gasteiger partial charge in [-0.3, -0.25) is 9.59 Å². The summed E-state index contributed by atoms with van der Waals surface area (Å²) in [6, 6.07) is 21.7. The van der Waals surface area contributed by atoms with Crippen molar-refractivity contribution in [2.75, 3.05) is 6.61 Å². The molecule has 4 rings (SSSR count). The molecule has 3 aromatic carbocycles. The molecule has 3 aromatic rings. The summed E-state index contributed by atoms with van der Waals surface area (Å²) in [6.45, 7) is 2.80. The van der Waals surface area contributed by atoms with Gasteiger partial charge in [-0.2, -0.15) is 0 Å². The van der Waals surface area contributed by atoms with E-state index in [1.54, 1.807) is 36.4 Å². The largest absolute Gasteiger partial charge is 0.508 e. The number of ether oxygens (including phenoxy) is 1. The highest BCUT2D eigenvalue weighted by Gasteiger charge is 2.46. The van der Waals surface area contributed by atoms with Gasteiger partial charge < -0.3 is 19.8 Å². The van der Waals surface area contributed by atoms with Crippen LogP contribution in [0.3, 0.4) is 0 Å². The van der Waals surface area contributed by atoms with Gasteiger partial charge in [0.1, 0.15) is 17.3 Å². The number of phenols is 1. The molecule has 1 saturated heterocycles. The van der Waals surface area contributed by atoms with Gasteiger partial charge >= 0.3 is 0 Å². The van der Waals surface area contributed by atoms with Gasteiger partial charge in [-0.15, -0.1) is 0 Å². The van der Waals surface area contributed by atoms with Crippen LogP contribution in [0.5, 0.6) is 11.5 Å². The van der Waals surface area contributed by atoms with E-state index < -0.39 is 17.7 Å². The second-order valence-corrected chi connectivity index (χ2v) is 8.24. The van der Waals surface area contributed by atoms with Crippen molar-refractivity contribution in [1.29, 1.82) is 0 Å². The van der Waals surface area contributed by atoms with E-state index in [2.05, 4.69) is 6.92 Å². The van der Waals surface area contributed by atoms with Crippen molar-refractivity contribution in [3.05, 3.63) is 101 Å². The topological polar surface area (TPSA) is 87.1 Å². The minimum atomic E-state index is -0.850. The number of nitrogens with zero attached hydrogens (tertiary/aromatic N) is 1. The summed E-state index contributed by atoms with van der Waals surface area (Å²) in [5.74, 6) is -1.16. The molecule has 1 unspecified atom stereocenters. The highest BCUT2D eigenvalue weighted by Crippen LogP contribution is 2.41. The van der Waals surface area contributed by atoms with Crippen LogP contribution in [0.2, 0.25) is 0 Å². The van der Waals surface area contributed by atoms with Crippen LogP contribution in [0.15, 0.2) is 84.4 Å². The Balaban J connectivity index is 1.79. The monoisotopic (exact) mass is 457 g/mol. The number of phenolic OH excluding ortho intramolecular Hbond substituents is 1. The van der Waals surface area contributed by atoms with E-state index in [0.29, 0.717) is 23.5 Å². The van der Waals surface area contributed by atoms with E-state index in [4.69, 9.17) is 4.74 Å². The van der Waals surface area contributed by atoms with Gasteiger partial charge in [-0.05, 0) is 41.8 Å². The summed E-state index contributed by atoms with van der Waals surface area (Å²) in [5, 5.41) is 21.3. The molecule has 0 aliphatic carbocycles. The van der Waals surface area contributed by atoms with Crippen molar-refractivity contribution in [3.63, 3.8) is 0 Å². The molecule has 6 heteroatoms. The van der Waals surface area contributed by atoms with Crippen LogP contribution in [0, 0.1) is 0 Å². The number of ketones is 1. The molecular formula is C28H27NO5. The number of unbranched alkanes of at least 4 members (excludes halogenated alkanes) is 1. The minimum Gasteiger partial charge on any atom is -0.508 e. The van der Waals surface area contributed by atoms with E-state index in [1.165, 1.54) is 17.0 Å². The number of hydrogen-bond acceptors (Lipinski definition) is 5. The standard InChI is InChI=1S/C28H27NO5/c1-2-3-15-34-23-14-8-12-21(17-23)26(31)24-25(20-11-7-13-22(30)16-20)29(28(33)27(24)32)18-19-9-5-4-6-10-19/h4-14,16-17,25,30-31H,2-3,15,18H2,1H3. The number of benzene rings is 3. The van der Waals surface area contributed by atoms with Gasteiger partial charge in [0.25, 0.3) is 11.7 Å². The summed E-state index contributed by atoms with van der Waals surface area (Å²) in [5.41, 5.74) is 1.75. The Labute approximate surface area is 198 Å². The first-order chi connectivity index (χ1) is 16.5. The van der Waals surface area contributed by atoms with Crippen molar-refractivity contribution in [1.82, 2.24) is 4.90 Å². The van der Waals surface area contributed by atoms with Crippen LogP contribution in [-0.4, -0.2) is 33.4 Å². The Bertz CT molecular complexity index is 1220. The van der Waals surface area contributed by atoms with Gasteiger partial charge in [0.15, 0.2) is 0 Å². The quantitative estimate of drug-likeness (QED) is 0.210. The predicted molar refractivity (Wildman–Crippen MR) is 129 cm³/mol. The van der Waals surface area contributed by atoms with Crippen molar-refractivity contribution in [2.45, 2.75) is 32.4 Å². The van der Waals surface area contributed by atoms with Crippen molar-refractivity contribution < 1.29 is 24.5 Å². The van der Waals surface area contributed by atoms with Gasteiger partial charge in [0, 0.05) is 12.1 Å². The van der Waals surface area contributed by atoms with Gasteiger partial charge in [0.2, 0.25) is 0 Å². The van der Waals surface area contributed by atoms with E-state index in [1.807, 2.05) is 30.3 Å². The maximum Gasteiger partial charge on any atom is 0.295 e. The smallest absolute Gasteiger partial charge is 0.295 e. The number of carbonyl (C=O) groups is 2. The normalized spacial score (nSPS) is 17.2. The fraction of sp³-hybridized carbons (Fsp3) is 0.214. The average Bonchev–Trinajstić information content (AvgIpc) is 3.09. The molecule has 174 valence electrons. The molecule has 0 spiro atoms. The molecule has 1 heterocycles. The fourth-order valence-corrected chi connectivity index (χ4v) is 4.09. The van der Waals surface area contributed by atoms with Crippen LogP contribution in [0.25, 0.3) is 5.76 Å². The molecule has 0 aromatic heterocycles. The Morgan fingerprint density at radius 3 is 2.47 bits per heavy atom. The lowest BCUT2D eigenvalue weighted by Crippen LogP contribution is -2.29. The number of hydrogen-bond donors (Lipinski definition) is 2. The molecule has 0 saturated carbocycles. The van der Waals surface area contributed by atoms with Gasteiger partial charge in [0.05, 0.1) is 18.2 Å². The van der Waals surface area contributed by atoms with Gasteiger partial charge in [-0.25, -0.2) is 0 Å². The molecule has 1 aliphatic rings. The van der Waals surface area contributed by atoms with Crippen LogP contribution in [0.1, 0.15) is 42.5 Å². The van der Waals surface area contributed by atoms with Crippen molar-refractivity contribution >= 4 is 17.4 Å². The van der Waals surface area contributed by atoms with Crippen molar-refractivity contribution in [3.8, 4) is 11.5 Å². The summed E-state index contributed by atoms with van der Waals surface area (Å²) < 4.78 is 5.75. The highest BCUT2D eigenvalue weighted by atomic mass is 16.5. The number of carbonyl (C=O) groups excluding carboxylic acids is 2. The number of Topliss-reactive ketones (excluding diaryl/α,β-unsaturated/α-hetero) is 1. The second kappa shape index (κ2) is 10.3. The number of likely N-dealkylation sites (tertiary alicyclic amines) is 1. The van der Waals surface area contributed by atoms with Gasteiger partial charge in [-0.1, -0.05) is 67.9 Å². The third-order valence-corrected chi connectivity index (χ3v) is 5.80. The lowest BCUT2D eigenvalue weighted by atomic mass is 9.95. The van der Waals surface area contributed by atoms with Crippen LogP contribution < -0.4 is 4.74 Å². The molecule has 1 amide bonds. The van der Waals surface area contributed by atoms with Crippen molar-refractivity contribution in [2.24, 2.45) is 0 Å². The molecule has 34 heavy (non-hydrogen) atoms. The molecule has 6 nitrogen and oxygen atoms in total. The summed E-state index contributed by atoms with van der Waals surface area (Å²) in [6.07, 6.45) is 1.90. The lowest BCUT2D eigenvalue weighted by Gasteiger charge is -2.25. The lowest BCUT2D eigenvalue weighted by molar-refractivity contribution is -0.140. The van der Waals surface area contributed by atoms with E-state index in [0.717, 1.165) is 18.4 Å². The third kappa shape index (κ3) is 4.81. The predicted octanol–water partition coefficient (Wildman–Crippen LogP) is 5.19. The number of amides is 1. The average molecular weight is 458 g/mol. The SMILES string of the molecule is CCCCOc1cccc(C(O)=C2C(=O)C(=O)N(Cc3ccccc3)C2c2cccc(O)c2)c1. The molecule has 1 fully saturated rings. The van der Waals surface area contributed by atoms with Crippen LogP contribution >= 0.6 is 0 Å². The first kappa shape index (κ1) is 23.1. The summed E-state index contributed by atoms with van der Waals surface area (Å²) >= 11 is 0. The van der Waals surface area contributed by atoms with E-state index in [-0.39, 0.29) is 23.6 Å². The Morgan fingerprint density at radius 1 is 0.971 bits per heavy atom. The zero-order valence-electron chi connectivity index (χ0n) is 19.0. The Kier molecular flexibility index (Phi) is 6.97. The number of aliphatic hydroxyl groups is 1. The maximum atomic E-state index is 13.2. The number of aliphatic hydroxyl groups excluding tert-OH is 1. The van der Waals surface area contributed by atoms with Crippen LogP contribution in [-0.2, 0) is 16.1 Å². The molecule has 0 bridgehead atoms. The first-order valence-electron chi connectivity index (χ1n) is 11.3. The van der Waals surface area contributed by atoms with Crippen LogP contribution in [0.4, 0.5) is 0 Å². The molecule has 0 radical (unpaired) electrons. The van der Waals surface area contributed by atoms with E-state index in [9.17, 15) is 19.8 Å². The number of aromatic hydroxyl groups is 1. The summed E-state index contributed by atoms with van der Waals surface area (Å²) in [7, 11) is 0.